The van der Waals surface area contributed by atoms with Crippen LogP contribution >= 0.6 is 11.8 Å². The van der Waals surface area contributed by atoms with Crippen LogP contribution in [0.2, 0.25) is 0 Å². The highest BCUT2D eigenvalue weighted by Crippen LogP contribution is 2.37. The van der Waals surface area contributed by atoms with Gasteiger partial charge in [-0.25, -0.2) is 13.9 Å². The Bertz CT molecular complexity index is 382. The first kappa shape index (κ1) is 11.3. The third kappa shape index (κ3) is 2.49. The van der Waals surface area contributed by atoms with Crippen molar-refractivity contribution in [2.75, 3.05) is 6.61 Å². The average Bonchev–Trinajstić information content (AvgIpc) is 3.00. The Hall–Kier alpha value is -1.18. The van der Waals surface area contributed by atoms with Gasteiger partial charge in [0.1, 0.15) is 0 Å². The van der Waals surface area contributed by atoms with Crippen molar-refractivity contribution in [2.24, 2.45) is 0 Å². The average molecular weight is 246 g/mol. The van der Waals surface area contributed by atoms with Crippen molar-refractivity contribution in [3.8, 4) is 0 Å². The number of hydrogen-bond donors (Lipinski definition) is 0. The van der Waals surface area contributed by atoms with Crippen molar-refractivity contribution in [3.05, 3.63) is 0 Å². The van der Waals surface area contributed by atoms with Crippen LogP contribution in [0.25, 0.3) is 0 Å². The van der Waals surface area contributed by atoms with E-state index in [9.17, 15) is 9.18 Å². The SMILES string of the molecule is CCOC(=O)C(F)Sc1nnnn1C1CC1. The number of hydrogen-bond acceptors (Lipinski definition) is 6. The van der Waals surface area contributed by atoms with Crippen LogP contribution in [0.15, 0.2) is 5.16 Å². The fourth-order valence-electron chi connectivity index (χ4n) is 1.16. The van der Waals surface area contributed by atoms with E-state index in [4.69, 9.17) is 0 Å². The number of tetrazole rings is 1. The highest BCUT2D eigenvalue weighted by molar-refractivity contribution is 8.00. The molecule has 0 aliphatic heterocycles. The molecule has 88 valence electrons. The summed E-state index contributed by atoms with van der Waals surface area (Å²) in [6, 6.07) is 0.256. The molecule has 1 unspecified atom stereocenters. The van der Waals surface area contributed by atoms with Crippen LogP contribution in [0.4, 0.5) is 4.39 Å². The van der Waals surface area contributed by atoms with E-state index in [1.54, 1.807) is 11.6 Å². The van der Waals surface area contributed by atoms with Crippen molar-refractivity contribution < 1.29 is 13.9 Å². The molecule has 0 radical (unpaired) electrons. The molecule has 0 aromatic carbocycles. The highest BCUT2D eigenvalue weighted by atomic mass is 32.2. The second kappa shape index (κ2) is 4.77. The number of rotatable bonds is 5. The molecule has 1 saturated carbocycles. The molecule has 8 heteroatoms. The Morgan fingerprint density at radius 2 is 2.50 bits per heavy atom. The number of nitrogens with zero attached hydrogens (tertiary/aromatic N) is 4. The topological polar surface area (TPSA) is 69.9 Å². The van der Waals surface area contributed by atoms with Gasteiger partial charge in [-0.05, 0) is 42.0 Å². The summed E-state index contributed by atoms with van der Waals surface area (Å²) >= 11 is 0.679. The maximum atomic E-state index is 13.4. The summed E-state index contributed by atoms with van der Waals surface area (Å²) in [6.07, 6.45) is 1.99. The van der Waals surface area contributed by atoms with Crippen molar-refractivity contribution in [2.45, 2.75) is 36.5 Å². The van der Waals surface area contributed by atoms with Gasteiger partial charge in [-0.3, -0.25) is 0 Å². The molecule has 0 amide bonds. The largest absolute Gasteiger partial charge is 0.463 e. The van der Waals surface area contributed by atoms with E-state index >= 15 is 0 Å². The number of halogens is 1. The minimum absolute atomic E-state index is 0.160. The van der Waals surface area contributed by atoms with Crippen molar-refractivity contribution in [3.63, 3.8) is 0 Å². The maximum Gasteiger partial charge on any atom is 0.351 e. The summed E-state index contributed by atoms with van der Waals surface area (Å²) in [5.41, 5.74) is -1.77. The number of carbonyl (C=O) groups is 1. The fraction of sp³-hybridized carbons (Fsp3) is 0.750. The standard InChI is InChI=1S/C8H11FN4O2S/c1-2-15-7(14)6(9)16-8-10-11-12-13(8)5-3-4-5/h5-6H,2-4H2,1H3. The molecular weight excluding hydrogens is 235 g/mol. The lowest BCUT2D eigenvalue weighted by molar-refractivity contribution is -0.145. The molecule has 0 spiro atoms. The molecule has 1 fully saturated rings. The predicted molar refractivity (Wildman–Crippen MR) is 53.5 cm³/mol. The monoisotopic (exact) mass is 246 g/mol. The zero-order valence-electron chi connectivity index (χ0n) is 8.67. The lowest BCUT2D eigenvalue weighted by Gasteiger charge is -2.06. The van der Waals surface area contributed by atoms with Crippen molar-refractivity contribution in [1.29, 1.82) is 0 Å². The lowest BCUT2D eigenvalue weighted by Crippen LogP contribution is -2.16. The molecule has 0 N–H and O–H groups in total. The lowest BCUT2D eigenvalue weighted by atomic mass is 10.7. The number of ether oxygens (including phenoxy) is 1. The summed E-state index contributed by atoms with van der Waals surface area (Å²) < 4.78 is 19.5. The van der Waals surface area contributed by atoms with Crippen molar-refractivity contribution in [1.82, 2.24) is 20.2 Å². The summed E-state index contributed by atoms with van der Waals surface area (Å²) in [7, 11) is 0. The van der Waals surface area contributed by atoms with Gasteiger partial charge in [0.05, 0.1) is 12.6 Å². The molecule has 2 rings (SSSR count). The van der Waals surface area contributed by atoms with Gasteiger partial charge in [0.15, 0.2) is 0 Å². The van der Waals surface area contributed by atoms with E-state index in [1.807, 2.05) is 0 Å². The number of carbonyl (C=O) groups excluding carboxylic acids is 1. The number of esters is 1. The summed E-state index contributed by atoms with van der Waals surface area (Å²) in [6.45, 7) is 1.79. The maximum absolute atomic E-state index is 13.4. The Balaban J connectivity index is 1.97. The van der Waals surface area contributed by atoms with Gasteiger partial charge in [0, 0.05) is 0 Å². The van der Waals surface area contributed by atoms with E-state index in [-0.39, 0.29) is 12.6 Å². The zero-order chi connectivity index (χ0) is 11.5. The number of alkyl halides is 1. The molecule has 1 atom stereocenters. The molecule has 1 aromatic heterocycles. The molecular formula is C8H11FN4O2S. The summed E-state index contributed by atoms with van der Waals surface area (Å²) in [4.78, 5) is 11.1. The molecule has 16 heavy (non-hydrogen) atoms. The Kier molecular flexibility index (Phi) is 3.37. The second-order valence-corrected chi connectivity index (χ2v) is 4.34. The zero-order valence-corrected chi connectivity index (χ0v) is 9.48. The number of aromatic nitrogens is 4. The molecule has 6 nitrogen and oxygen atoms in total. The van der Waals surface area contributed by atoms with Crippen LogP contribution in [-0.4, -0.2) is 38.3 Å². The van der Waals surface area contributed by atoms with Gasteiger partial charge in [0.2, 0.25) is 10.7 Å². The van der Waals surface area contributed by atoms with Gasteiger partial charge in [-0.1, -0.05) is 0 Å². The van der Waals surface area contributed by atoms with E-state index in [1.165, 1.54) is 0 Å². The van der Waals surface area contributed by atoms with Crippen molar-refractivity contribution >= 4 is 17.7 Å². The Labute approximate surface area is 95.5 Å². The van der Waals surface area contributed by atoms with Crippen LogP contribution in [-0.2, 0) is 9.53 Å². The molecule has 1 aliphatic carbocycles. The highest BCUT2D eigenvalue weighted by Gasteiger charge is 2.30. The molecule has 1 heterocycles. The molecule has 0 saturated heterocycles. The smallest absolute Gasteiger partial charge is 0.351 e. The Morgan fingerprint density at radius 1 is 1.75 bits per heavy atom. The molecule has 1 aromatic rings. The van der Waals surface area contributed by atoms with Gasteiger partial charge in [-0.2, -0.15) is 0 Å². The van der Waals surface area contributed by atoms with E-state index in [0.29, 0.717) is 16.9 Å². The molecule has 1 aliphatic rings. The van der Waals surface area contributed by atoms with E-state index in [0.717, 1.165) is 12.8 Å². The normalized spacial score (nSPS) is 17.1. The van der Waals surface area contributed by atoms with E-state index < -0.39 is 11.5 Å². The molecule has 0 bridgehead atoms. The van der Waals surface area contributed by atoms with Gasteiger partial charge in [-0.15, -0.1) is 5.10 Å². The van der Waals surface area contributed by atoms with Gasteiger partial charge < -0.3 is 4.74 Å². The minimum Gasteiger partial charge on any atom is -0.463 e. The van der Waals surface area contributed by atoms with Gasteiger partial charge in [0.25, 0.3) is 0 Å². The first-order chi connectivity index (χ1) is 7.72. The summed E-state index contributed by atoms with van der Waals surface area (Å²) in [5, 5.41) is 11.2. The second-order valence-electron chi connectivity index (χ2n) is 3.32. The first-order valence-corrected chi connectivity index (χ1v) is 5.85. The van der Waals surface area contributed by atoms with Crippen LogP contribution < -0.4 is 0 Å². The third-order valence-corrected chi connectivity index (χ3v) is 2.92. The Morgan fingerprint density at radius 3 is 3.12 bits per heavy atom. The minimum atomic E-state index is -1.77. The van der Waals surface area contributed by atoms with Gasteiger partial charge >= 0.3 is 5.97 Å². The van der Waals surface area contributed by atoms with Crippen LogP contribution in [0, 0.1) is 0 Å². The predicted octanol–water partition coefficient (Wildman–Crippen LogP) is 0.959. The quantitative estimate of drug-likeness (QED) is 0.569. The fourth-order valence-corrected chi connectivity index (χ4v) is 1.89. The number of thioether (sulfide) groups is 1. The summed E-state index contributed by atoms with van der Waals surface area (Å²) in [5.74, 6) is -0.891. The van der Waals surface area contributed by atoms with Crippen LogP contribution in [0.3, 0.4) is 0 Å². The van der Waals surface area contributed by atoms with E-state index in [2.05, 4.69) is 20.3 Å². The van der Waals surface area contributed by atoms with Crippen LogP contribution in [0.5, 0.6) is 0 Å². The first-order valence-electron chi connectivity index (χ1n) is 4.97. The third-order valence-electron chi connectivity index (χ3n) is 2.04. The van der Waals surface area contributed by atoms with Crippen LogP contribution in [0.1, 0.15) is 25.8 Å².